The van der Waals surface area contributed by atoms with Gasteiger partial charge < -0.3 is 0 Å². The molecule has 1 heterocycles. The van der Waals surface area contributed by atoms with E-state index >= 15 is 0 Å². The summed E-state index contributed by atoms with van der Waals surface area (Å²) < 4.78 is 0. The van der Waals surface area contributed by atoms with E-state index in [0.717, 1.165) is 0 Å². The molecular formula is C13H11NO3S. The van der Waals surface area contributed by atoms with Crippen molar-refractivity contribution in [2.45, 2.75) is 0 Å². The monoisotopic (exact) mass is 261 g/mol. The number of ketones is 1. The predicted molar refractivity (Wildman–Crippen MR) is 68.5 cm³/mol. The van der Waals surface area contributed by atoms with Gasteiger partial charge in [0.2, 0.25) is 0 Å². The molecule has 0 radical (unpaired) electrons. The van der Waals surface area contributed by atoms with Crippen molar-refractivity contribution in [3.05, 3.63) is 58.3 Å². The van der Waals surface area contributed by atoms with E-state index in [4.69, 9.17) is 4.84 Å². The van der Waals surface area contributed by atoms with Crippen LogP contribution in [0, 0.1) is 0 Å². The number of nitrogens with one attached hydrogen (secondary N) is 1. The number of benzene rings is 1. The summed E-state index contributed by atoms with van der Waals surface area (Å²) in [6.45, 7) is -0.171. The van der Waals surface area contributed by atoms with Crippen molar-refractivity contribution < 1.29 is 14.4 Å². The number of carbonyl (C=O) groups is 2. The van der Waals surface area contributed by atoms with Crippen molar-refractivity contribution >= 4 is 23.0 Å². The Morgan fingerprint density at radius 1 is 1.11 bits per heavy atom. The van der Waals surface area contributed by atoms with Gasteiger partial charge in [0.25, 0.3) is 5.91 Å². The van der Waals surface area contributed by atoms with Crippen molar-refractivity contribution in [3.8, 4) is 0 Å². The van der Waals surface area contributed by atoms with Crippen molar-refractivity contribution in [1.82, 2.24) is 5.48 Å². The first-order valence-corrected chi connectivity index (χ1v) is 6.24. The molecule has 4 nitrogen and oxygen atoms in total. The lowest BCUT2D eigenvalue weighted by Gasteiger charge is -2.04. The van der Waals surface area contributed by atoms with Crippen LogP contribution in [0.5, 0.6) is 0 Å². The molecule has 2 aromatic rings. The van der Waals surface area contributed by atoms with Gasteiger partial charge in [0, 0.05) is 16.5 Å². The van der Waals surface area contributed by atoms with Crippen molar-refractivity contribution in [2.75, 3.05) is 6.61 Å². The standard InChI is InChI=1S/C13H11NO3S/c15-12(11-6-7-18-9-11)8-17-14-13(16)10-4-2-1-3-5-10/h1-7,9H,8H2,(H,14,16). The zero-order valence-electron chi connectivity index (χ0n) is 9.46. The van der Waals surface area contributed by atoms with E-state index in [2.05, 4.69) is 5.48 Å². The second-order valence-electron chi connectivity index (χ2n) is 3.52. The van der Waals surface area contributed by atoms with Crippen LogP contribution < -0.4 is 5.48 Å². The van der Waals surface area contributed by atoms with E-state index in [0.29, 0.717) is 11.1 Å². The number of carbonyl (C=O) groups excluding carboxylic acids is 2. The van der Waals surface area contributed by atoms with Crippen LogP contribution in [0.25, 0.3) is 0 Å². The third-order valence-electron chi connectivity index (χ3n) is 2.25. The van der Waals surface area contributed by atoms with E-state index in [1.54, 1.807) is 35.7 Å². The van der Waals surface area contributed by atoms with Crippen LogP contribution >= 0.6 is 11.3 Å². The van der Waals surface area contributed by atoms with Crippen LogP contribution in [0.15, 0.2) is 47.2 Å². The Hall–Kier alpha value is -1.98. The van der Waals surface area contributed by atoms with Crippen LogP contribution in [0.3, 0.4) is 0 Å². The average molecular weight is 261 g/mol. The maximum atomic E-state index is 11.6. The van der Waals surface area contributed by atoms with Gasteiger partial charge >= 0.3 is 0 Å². The molecule has 1 N–H and O–H groups in total. The highest BCUT2D eigenvalue weighted by Crippen LogP contribution is 2.06. The fourth-order valence-corrected chi connectivity index (χ4v) is 1.98. The Labute approximate surface area is 108 Å². The van der Waals surface area contributed by atoms with Gasteiger partial charge in [-0.2, -0.15) is 11.3 Å². The van der Waals surface area contributed by atoms with Gasteiger partial charge in [-0.1, -0.05) is 18.2 Å². The van der Waals surface area contributed by atoms with E-state index in [9.17, 15) is 9.59 Å². The molecule has 1 amide bonds. The lowest BCUT2D eigenvalue weighted by Crippen LogP contribution is -2.26. The minimum absolute atomic E-state index is 0.162. The summed E-state index contributed by atoms with van der Waals surface area (Å²) in [5, 5.41) is 3.56. The highest BCUT2D eigenvalue weighted by Gasteiger charge is 2.08. The molecule has 1 aromatic heterocycles. The van der Waals surface area contributed by atoms with Crippen molar-refractivity contribution in [2.24, 2.45) is 0 Å². The number of amides is 1. The minimum atomic E-state index is -0.367. The van der Waals surface area contributed by atoms with Gasteiger partial charge in [-0.15, -0.1) is 0 Å². The molecule has 0 aliphatic rings. The normalized spacial score (nSPS) is 10.0. The predicted octanol–water partition coefficient (Wildman–Crippen LogP) is 2.29. The molecular weight excluding hydrogens is 250 g/mol. The summed E-state index contributed by atoms with van der Waals surface area (Å²) in [6, 6.07) is 10.4. The van der Waals surface area contributed by atoms with Crippen LogP contribution in [0.4, 0.5) is 0 Å². The van der Waals surface area contributed by atoms with Crippen molar-refractivity contribution in [3.63, 3.8) is 0 Å². The number of rotatable bonds is 5. The zero-order valence-corrected chi connectivity index (χ0v) is 10.3. The first-order valence-electron chi connectivity index (χ1n) is 5.30. The van der Waals surface area contributed by atoms with E-state index in [1.807, 2.05) is 11.4 Å². The summed E-state index contributed by atoms with van der Waals surface area (Å²) in [4.78, 5) is 28.0. The summed E-state index contributed by atoms with van der Waals surface area (Å²) in [6.07, 6.45) is 0. The Bertz CT molecular complexity index is 522. The SMILES string of the molecule is O=C(CONC(=O)c1ccccc1)c1ccsc1. The molecule has 0 bridgehead atoms. The molecule has 92 valence electrons. The summed E-state index contributed by atoms with van der Waals surface area (Å²) in [5.41, 5.74) is 3.31. The first-order chi connectivity index (χ1) is 8.77. The Morgan fingerprint density at radius 2 is 1.89 bits per heavy atom. The van der Waals surface area contributed by atoms with Gasteiger partial charge in [0.1, 0.15) is 6.61 Å². The summed E-state index contributed by atoms with van der Waals surface area (Å²) in [7, 11) is 0. The zero-order chi connectivity index (χ0) is 12.8. The molecule has 0 fully saturated rings. The fourth-order valence-electron chi connectivity index (χ4n) is 1.32. The minimum Gasteiger partial charge on any atom is -0.291 e. The molecule has 0 unspecified atom stereocenters. The maximum absolute atomic E-state index is 11.6. The molecule has 0 atom stereocenters. The van der Waals surface area contributed by atoms with Gasteiger partial charge in [-0.05, 0) is 23.6 Å². The lowest BCUT2D eigenvalue weighted by molar-refractivity contribution is 0.0312. The van der Waals surface area contributed by atoms with E-state index in [-0.39, 0.29) is 18.3 Å². The van der Waals surface area contributed by atoms with E-state index < -0.39 is 0 Å². The first kappa shape index (κ1) is 12.5. The van der Waals surface area contributed by atoms with Gasteiger partial charge in [-0.25, -0.2) is 5.48 Å². The molecule has 1 aromatic carbocycles. The number of Topliss-reactive ketones (excluding diaryl/α,β-unsaturated/α-hetero) is 1. The van der Waals surface area contributed by atoms with Crippen LogP contribution in [0.2, 0.25) is 0 Å². The third-order valence-corrected chi connectivity index (χ3v) is 2.93. The second-order valence-corrected chi connectivity index (χ2v) is 4.30. The molecule has 0 aliphatic carbocycles. The Balaban J connectivity index is 1.79. The topological polar surface area (TPSA) is 55.4 Å². The van der Waals surface area contributed by atoms with Crippen LogP contribution in [0.1, 0.15) is 20.7 Å². The number of thiophene rings is 1. The fraction of sp³-hybridized carbons (Fsp3) is 0.0769. The summed E-state index contributed by atoms with van der Waals surface area (Å²) >= 11 is 1.44. The van der Waals surface area contributed by atoms with E-state index in [1.165, 1.54) is 11.3 Å². The highest BCUT2D eigenvalue weighted by atomic mass is 32.1. The number of hydroxylamine groups is 1. The smallest absolute Gasteiger partial charge is 0.274 e. The summed E-state index contributed by atoms with van der Waals surface area (Å²) in [5.74, 6) is -0.529. The van der Waals surface area contributed by atoms with Crippen LogP contribution in [-0.2, 0) is 4.84 Å². The molecule has 2 rings (SSSR count). The van der Waals surface area contributed by atoms with Crippen molar-refractivity contribution in [1.29, 1.82) is 0 Å². The molecule has 18 heavy (non-hydrogen) atoms. The maximum Gasteiger partial charge on any atom is 0.274 e. The average Bonchev–Trinajstić information content (AvgIpc) is 2.93. The molecule has 5 heteroatoms. The van der Waals surface area contributed by atoms with Crippen LogP contribution in [-0.4, -0.2) is 18.3 Å². The third kappa shape index (κ3) is 3.26. The highest BCUT2D eigenvalue weighted by molar-refractivity contribution is 7.08. The number of hydrogen-bond acceptors (Lipinski definition) is 4. The Morgan fingerprint density at radius 3 is 2.56 bits per heavy atom. The second kappa shape index (κ2) is 6.09. The van der Waals surface area contributed by atoms with Gasteiger partial charge in [-0.3, -0.25) is 14.4 Å². The quantitative estimate of drug-likeness (QED) is 0.663. The molecule has 0 spiro atoms. The largest absolute Gasteiger partial charge is 0.291 e. The molecule has 0 saturated carbocycles. The van der Waals surface area contributed by atoms with Gasteiger partial charge in [0.15, 0.2) is 5.78 Å². The van der Waals surface area contributed by atoms with Gasteiger partial charge in [0.05, 0.1) is 0 Å². The molecule has 0 saturated heterocycles. The number of hydrogen-bond donors (Lipinski definition) is 1. The molecule has 0 aliphatic heterocycles. The lowest BCUT2D eigenvalue weighted by atomic mass is 10.2. The Kier molecular flexibility index (Phi) is 4.22.